The molecule has 0 atom stereocenters. The van der Waals surface area contributed by atoms with Crippen LogP contribution in [-0.4, -0.2) is 48.6 Å². The molecule has 0 spiro atoms. The Hall–Kier alpha value is -2.44. The smallest absolute Gasteiger partial charge is 0.257 e. The van der Waals surface area contributed by atoms with Gasteiger partial charge in [-0.2, -0.15) is 0 Å². The van der Waals surface area contributed by atoms with Gasteiger partial charge < -0.3 is 19.1 Å². The summed E-state index contributed by atoms with van der Waals surface area (Å²) in [4.78, 5) is 14.8. The highest BCUT2D eigenvalue weighted by Crippen LogP contribution is 2.32. The first-order chi connectivity index (χ1) is 16.6. The van der Waals surface area contributed by atoms with Gasteiger partial charge in [-0.25, -0.2) is 0 Å². The number of benzene rings is 2. The minimum atomic E-state index is -0.182. The maximum absolute atomic E-state index is 13.0. The summed E-state index contributed by atoms with van der Waals surface area (Å²) in [6.07, 6.45) is 2.66. The Morgan fingerprint density at radius 3 is 1.89 bits per heavy atom. The van der Waals surface area contributed by atoms with Crippen LogP contribution in [0.4, 0.5) is 0 Å². The van der Waals surface area contributed by atoms with E-state index in [0.29, 0.717) is 41.2 Å². The molecular formula is C27H36Cl2N2O4. The normalized spacial score (nSPS) is 11.0. The van der Waals surface area contributed by atoms with E-state index in [1.54, 1.807) is 17.0 Å². The molecule has 0 aliphatic carbocycles. The monoisotopic (exact) mass is 522 g/mol. The van der Waals surface area contributed by atoms with E-state index >= 15 is 0 Å². The van der Waals surface area contributed by atoms with Crippen LogP contribution in [0.2, 0.25) is 10.0 Å². The third-order valence-corrected chi connectivity index (χ3v) is 5.90. The molecule has 2 rings (SSSR count). The van der Waals surface area contributed by atoms with E-state index in [1.807, 2.05) is 58.9 Å². The number of carbonyl (C=O) groups is 1. The lowest BCUT2D eigenvalue weighted by Gasteiger charge is -2.31. The number of hydrogen-bond donors (Lipinski definition) is 1. The van der Waals surface area contributed by atoms with E-state index < -0.39 is 0 Å². The van der Waals surface area contributed by atoms with E-state index in [1.165, 1.54) is 0 Å². The Morgan fingerprint density at radius 2 is 1.40 bits per heavy atom. The molecular weight excluding hydrogens is 487 g/mol. The van der Waals surface area contributed by atoms with Crippen molar-refractivity contribution in [3.05, 3.63) is 57.6 Å². The summed E-state index contributed by atoms with van der Waals surface area (Å²) in [5.74, 6) is 1.29. The molecule has 1 N–H and O–H groups in total. The van der Waals surface area contributed by atoms with Crippen LogP contribution in [0.5, 0.6) is 11.5 Å². The fourth-order valence-electron chi connectivity index (χ4n) is 3.72. The van der Waals surface area contributed by atoms with Crippen molar-refractivity contribution in [1.29, 1.82) is 5.41 Å². The molecule has 0 aromatic heterocycles. The molecule has 0 heterocycles. The molecule has 8 heteroatoms. The van der Waals surface area contributed by atoms with Crippen LogP contribution in [0.25, 0.3) is 0 Å². The second-order valence-electron chi connectivity index (χ2n) is 8.71. The van der Waals surface area contributed by atoms with Crippen LogP contribution in [0.1, 0.15) is 69.8 Å². The first-order valence-electron chi connectivity index (χ1n) is 12.0. The van der Waals surface area contributed by atoms with Gasteiger partial charge in [0, 0.05) is 17.6 Å². The zero-order valence-electron chi connectivity index (χ0n) is 21.2. The van der Waals surface area contributed by atoms with Crippen LogP contribution in [0, 0.1) is 5.41 Å². The van der Waals surface area contributed by atoms with Crippen molar-refractivity contribution in [2.45, 2.75) is 66.0 Å². The summed E-state index contributed by atoms with van der Waals surface area (Å²) in [6, 6.07) is 10.7. The predicted octanol–water partition coefficient (Wildman–Crippen LogP) is 7.24. The van der Waals surface area contributed by atoms with Gasteiger partial charge in [0.25, 0.3) is 5.91 Å². The first kappa shape index (κ1) is 28.8. The number of unbranched alkanes of at least 4 members (excludes halogenated alkanes) is 2. The Kier molecular flexibility index (Phi) is 11.7. The number of rotatable bonds is 13. The highest BCUT2D eigenvalue weighted by atomic mass is 35.5. The summed E-state index contributed by atoms with van der Waals surface area (Å²) in [6.45, 7) is 11.3. The van der Waals surface area contributed by atoms with Crippen LogP contribution in [0.15, 0.2) is 36.4 Å². The Labute approximate surface area is 219 Å². The minimum absolute atomic E-state index is 0.0314. The topological polar surface area (TPSA) is 71.9 Å². The number of amides is 1. The molecule has 2 aromatic carbocycles. The molecule has 0 aliphatic heterocycles. The van der Waals surface area contributed by atoms with Crippen LogP contribution < -0.4 is 9.47 Å². The van der Waals surface area contributed by atoms with Crippen LogP contribution >= 0.6 is 23.2 Å². The largest absolute Gasteiger partial charge is 0.494 e. The van der Waals surface area contributed by atoms with E-state index in [-0.39, 0.29) is 23.9 Å². The first-order valence-corrected chi connectivity index (χ1v) is 12.8. The van der Waals surface area contributed by atoms with Crippen molar-refractivity contribution in [2.24, 2.45) is 0 Å². The third-order valence-electron chi connectivity index (χ3n) is 5.31. The fraction of sp³-hybridized carbons (Fsp3) is 0.481. The average Bonchev–Trinajstić information content (AvgIpc) is 2.78. The van der Waals surface area contributed by atoms with Gasteiger partial charge in [0.05, 0.1) is 35.4 Å². The maximum Gasteiger partial charge on any atom is 0.257 e. The number of carbonyl (C=O) groups excluding carboxylic acids is 1. The fourth-order valence-corrected chi connectivity index (χ4v) is 4.35. The molecule has 2 aromatic rings. The number of hydrogen-bond acceptors (Lipinski definition) is 5. The Bertz CT molecular complexity index is 947. The number of ether oxygens (including phenoxy) is 3. The van der Waals surface area contributed by atoms with Crippen molar-refractivity contribution < 1.29 is 19.0 Å². The summed E-state index contributed by atoms with van der Waals surface area (Å²) < 4.78 is 16.8. The van der Waals surface area contributed by atoms with Gasteiger partial charge >= 0.3 is 0 Å². The molecule has 35 heavy (non-hydrogen) atoms. The van der Waals surface area contributed by atoms with Crippen molar-refractivity contribution in [3.63, 3.8) is 0 Å². The highest BCUT2D eigenvalue weighted by molar-refractivity contribution is 6.39. The van der Waals surface area contributed by atoms with E-state index in [0.717, 1.165) is 30.6 Å². The summed E-state index contributed by atoms with van der Waals surface area (Å²) in [7, 11) is 0. The van der Waals surface area contributed by atoms with Crippen molar-refractivity contribution in [3.8, 4) is 11.5 Å². The van der Waals surface area contributed by atoms with Gasteiger partial charge in [0.2, 0.25) is 5.90 Å². The van der Waals surface area contributed by atoms with Crippen molar-refractivity contribution in [1.82, 2.24) is 4.90 Å². The Balaban J connectivity index is 1.76. The lowest BCUT2D eigenvalue weighted by molar-refractivity contribution is 0.0644. The third kappa shape index (κ3) is 8.62. The average molecular weight is 524 g/mol. The molecule has 0 unspecified atom stereocenters. The Morgan fingerprint density at radius 1 is 0.886 bits per heavy atom. The van der Waals surface area contributed by atoms with Gasteiger partial charge in [-0.1, -0.05) is 23.2 Å². The van der Waals surface area contributed by atoms with Crippen LogP contribution in [0.3, 0.4) is 0 Å². The standard InChI is InChI=1S/C27H36Cl2N2O4/c1-6-33-26(30)20-10-12-21(13-11-20)34-14-8-7-9-15-35-22-16-23(28)25(24(29)17-22)27(32)31(18(2)3)19(4)5/h10-13,16-19,30H,6-9,14-15H2,1-5H3. The second-order valence-corrected chi connectivity index (χ2v) is 9.52. The number of nitrogens with zero attached hydrogens (tertiary/aromatic N) is 1. The number of halogens is 2. The molecule has 0 aliphatic rings. The van der Waals surface area contributed by atoms with E-state index in [4.69, 9.17) is 42.8 Å². The van der Waals surface area contributed by atoms with Gasteiger partial charge in [0.1, 0.15) is 11.5 Å². The molecule has 0 saturated carbocycles. The highest BCUT2D eigenvalue weighted by Gasteiger charge is 2.26. The lowest BCUT2D eigenvalue weighted by atomic mass is 10.1. The van der Waals surface area contributed by atoms with Gasteiger partial charge in [-0.15, -0.1) is 0 Å². The van der Waals surface area contributed by atoms with Gasteiger partial charge in [0.15, 0.2) is 0 Å². The van der Waals surface area contributed by atoms with Gasteiger partial charge in [-0.3, -0.25) is 10.2 Å². The van der Waals surface area contributed by atoms with E-state index in [9.17, 15) is 4.79 Å². The summed E-state index contributed by atoms with van der Waals surface area (Å²) >= 11 is 12.8. The molecule has 0 bridgehead atoms. The second kappa shape index (κ2) is 14.2. The van der Waals surface area contributed by atoms with Crippen molar-refractivity contribution >= 4 is 35.0 Å². The molecule has 0 fully saturated rings. The molecule has 0 saturated heterocycles. The van der Waals surface area contributed by atoms with Gasteiger partial charge in [-0.05, 0) is 90.3 Å². The molecule has 0 radical (unpaired) electrons. The molecule has 6 nitrogen and oxygen atoms in total. The predicted molar refractivity (Wildman–Crippen MR) is 143 cm³/mol. The SMILES string of the molecule is CCOC(=N)c1ccc(OCCCCCOc2cc(Cl)c(C(=O)N(C(C)C)C(C)C)c(Cl)c2)cc1. The quantitative estimate of drug-likeness (QED) is 0.171. The summed E-state index contributed by atoms with van der Waals surface area (Å²) in [5, 5.41) is 8.37. The molecule has 1 amide bonds. The molecule has 192 valence electrons. The zero-order valence-corrected chi connectivity index (χ0v) is 22.7. The lowest BCUT2D eigenvalue weighted by Crippen LogP contribution is -2.42. The zero-order chi connectivity index (χ0) is 26.0. The number of nitrogens with one attached hydrogen (secondary N) is 1. The van der Waals surface area contributed by atoms with Crippen molar-refractivity contribution in [2.75, 3.05) is 19.8 Å². The maximum atomic E-state index is 13.0. The minimum Gasteiger partial charge on any atom is -0.494 e. The van der Waals surface area contributed by atoms with Crippen LogP contribution in [-0.2, 0) is 4.74 Å². The summed E-state index contributed by atoms with van der Waals surface area (Å²) in [5.41, 5.74) is 1.04. The van der Waals surface area contributed by atoms with E-state index in [2.05, 4.69) is 0 Å².